The number of anilines is 1. The topological polar surface area (TPSA) is 35.9 Å². The Balaban J connectivity index is 1.40. The number of hydrogen-bond donors (Lipinski definition) is 1. The van der Waals surface area contributed by atoms with Crippen LogP contribution in [0.2, 0.25) is 0 Å². The van der Waals surface area contributed by atoms with Gasteiger partial charge in [0.1, 0.15) is 24.3 Å². The summed E-state index contributed by atoms with van der Waals surface area (Å²) in [7, 11) is 0. The van der Waals surface area contributed by atoms with Gasteiger partial charge in [0, 0.05) is 38.4 Å². The molecule has 2 aromatic rings. The summed E-state index contributed by atoms with van der Waals surface area (Å²) in [6.45, 7) is 6.51. The van der Waals surface area contributed by atoms with Crippen LogP contribution in [0, 0.1) is 5.82 Å². The summed E-state index contributed by atoms with van der Waals surface area (Å²) < 4.78 is 18.7. The molecule has 0 spiro atoms. The van der Waals surface area contributed by atoms with Crippen molar-refractivity contribution in [2.45, 2.75) is 19.4 Å². The molecule has 1 N–H and O–H groups in total. The van der Waals surface area contributed by atoms with E-state index >= 15 is 0 Å². The molecule has 1 atom stereocenters. The first-order chi connectivity index (χ1) is 12.6. The van der Waals surface area contributed by atoms with Gasteiger partial charge in [0.05, 0.1) is 0 Å². The molecule has 1 heterocycles. The van der Waals surface area contributed by atoms with E-state index in [0.29, 0.717) is 13.2 Å². The number of ether oxygens (including phenoxy) is 1. The molecule has 0 aliphatic carbocycles. The van der Waals surface area contributed by atoms with Gasteiger partial charge in [0.2, 0.25) is 0 Å². The Morgan fingerprint density at radius 3 is 2.27 bits per heavy atom. The fraction of sp³-hybridized carbons (Fsp3) is 0.429. The van der Waals surface area contributed by atoms with Crippen LogP contribution in [0.1, 0.15) is 12.5 Å². The van der Waals surface area contributed by atoms with Gasteiger partial charge in [-0.2, -0.15) is 0 Å². The molecule has 140 valence electrons. The van der Waals surface area contributed by atoms with Gasteiger partial charge in [-0.15, -0.1) is 0 Å². The van der Waals surface area contributed by atoms with Crippen molar-refractivity contribution >= 4 is 5.69 Å². The zero-order chi connectivity index (χ0) is 18.4. The fourth-order valence-corrected chi connectivity index (χ4v) is 3.21. The molecule has 5 heteroatoms. The van der Waals surface area contributed by atoms with Crippen LogP contribution < -0.4 is 9.64 Å². The van der Waals surface area contributed by atoms with Crippen molar-refractivity contribution < 1.29 is 14.2 Å². The molecule has 1 aliphatic heterocycles. The van der Waals surface area contributed by atoms with Crippen molar-refractivity contribution in [2.24, 2.45) is 0 Å². The third kappa shape index (κ3) is 5.19. The minimum Gasteiger partial charge on any atom is -0.491 e. The van der Waals surface area contributed by atoms with Gasteiger partial charge in [-0.25, -0.2) is 4.39 Å². The average Bonchev–Trinajstić information content (AvgIpc) is 2.68. The molecule has 3 rings (SSSR count). The van der Waals surface area contributed by atoms with E-state index in [1.165, 1.54) is 17.7 Å². The highest BCUT2D eigenvalue weighted by Gasteiger charge is 2.19. The van der Waals surface area contributed by atoms with E-state index < -0.39 is 6.10 Å². The van der Waals surface area contributed by atoms with Gasteiger partial charge in [0.15, 0.2) is 0 Å². The SMILES string of the molecule is CCc1ccc(OCC(O)CN2CCN(c3ccc(F)cc3)CC2)cc1. The second-order valence-corrected chi connectivity index (χ2v) is 6.73. The van der Waals surface area contributed by atoms with Crippen molar-refractivity contribution in [1.29, 1.82) is 0 Å². The van der Waals surface area contributed by atoms with E-state index in [1.54, 1.807) is 0 Å². The molecule has 26 heavy (non-hydrogen) atoms. The van der Waals surface area contributed by atoms with Crippen LogP contribution in [0.15, 0.2) is 48.5 Å². The van der Waals surface area contributed by atoms with Crippen molar-refractivity contribution in [3.05, 3.63) is 59.9 Å². The normalized spacial score (nSPS) is 16.5. The summed E-state index contributed by atoms with van der Waals surface area (Å²) in [6.07, 6.45) is 0.491. The summed E-state index contributed by atoms with van der Waals surface area (Å²) in [5.74, 6) is 0.585. The maximum Gasteiger partial charge on any atom is 0.123 e. The van der Waals surface area contributed by atoms with E-state index in [4.69, 9.17) is 4.74 Å². The Morgan fingerprint density at radius 1 is 1.00 bits per heavy atom. The molecule has 1 aliphatic rings. The summed E-state index contributed by atoms with van der Waals surface area (Å²) in [5.41, 5.74) is 2.32. The Bertz CT molecular complexity index is 667. The number of β-amino-alcohol motifs (C(OH)–C–C–N with tert-alkyl or cyclic N) is 1. The number of piperazine rings is 1. The smallest absolute Gasteiger partial charge is 0.123 e. The van der Waals surface area contributed by atoms with Crippen LogP contribution >= 0.6 is 0 Å². The predicted octanol–water partition coefficient (Wildman–Crippen LogP) is 2.95. The number of aliphatic hydroxyl groups is 1. The van der Waals surface area contributed by atoms with Crippen LogP contribution in [-0.2, 0) is 6.42 Å². The summed E-state index contributed by atoms with van der Waals surface area (Å²) >= 11 is 0. The molecule has 1 fully saturated rings. The van der Waals surface area contributed by atoms with Crippen LogP contribution in [0.25, 0.3) is 0 Å². The monoisotopic (exact) mass is 358 g/mol. The summed E-state index contributed by atoms with van der Waals surface area (Å²) in [6, 6.07) is 14.6. The van der Waals surface area contributed by atoms with Crippen LogP contribution in [0.5, 0.6) is 5.75 Å². The minimum atomic E-state index is -0.516. The number of nitrogens with zero attached hydrogens (tertiary/aromatic N) is 2. The molecule has 2 aromatic carbocycles. The lowest BCUT2D eigenvalue weighted by Crippen LogP contribution is -2.49. The largest absolute Gasteiger partial charge is 0.491 e. The number of benzene rings is 2. The van der Waals surface area contributed by atoms with E-state index in [1.807, 2.05) is 24.3 Å². The Morgan fingerprint density at radius 2 is 1.65 bits per heavy atom. The van der Waals surface area contributed by atoms with Crippen LogP contribution in [0.3, 0.4) is 0 Å². The zero-order valence-electron chi connectivity index (χ0n) is 15.3. The molecule has 0 radical (unpaired) electrons. The Kier molecular flexibility index (Phi) is 6.47. The molecular formula is C21H27FN2O2. The van der Waals surface area contributed by atoms with Crippen molar-refractivity contribution in [1.82, 2.24) is 4.90 Å². The highest BCUT2D eigenvalue weighted by atomic mass is 19.1. The van der Waals surface area contributed by atoms with Gasteiger partial charge < -0.3 is 14.7 Å². The number of halogens is 1. The van der Waals surface area contributed by atoms with E-state index in [0.717, 1.165) is 44.0 Å². The number of aliphatic hydroxyl groups excluding tert-OH is 1. The average molecular weight is 358 g/mol. The summed E-state index contributed by atoms with van der Waals surface area (Å²) in [4.78, 5) is 4.49. The molecule has 0 bridgehead atoms. The lowest BCUT2D eigenvalue weighted by Gasteiger charge is -2.36. The molecule has 1 saturated heterocycles. The molecule has 1 unspecified atom stereocenters. The highest BCUT2D eigenvalue weighted by molar-refractivity contribution is 5.46. The van der Waals surface area contributed by atoms with Crippen molar-refractivity contribution in [2.75, 3.05) is 44.2 Å². The molecule has 4 nitrogen and oxygen atoms in total. The maximum absolute atomic E-state index is 13.0. The van der Waals surface area contributed by atoms with E-state index in [9.17, 15) is 9.50 Å². The second kappa shape index (κ2) is 9.01. The Hall–Kier alpha value is -2.11. The predicted molar refractivity (Wildman–Crippen MR) is 102 cm³/mol. The molecule has 0 amide bonds. The standard InChI is InChI=1S/C21H27FN2O2/c1-2-17-3-9-21(10-4-17)26-16-20(25)15-23-11-13-24(14-12-23)19-7-5-18(22)6-8-19/h3-10,20,25H,2,11-16H2,1H3. The van der Waals surface area contributed by atoms with Crippen molar-refractivity contribution in [3.8, 4) is 5.75 Å². The van der Waals surface area contributed by atoms with Gasteiger partial charge in [-0.05, 0) is 48.4 Å². The van der Waals surface area contributed by atoms with E-state index in [-0.39, 0.29) is 5.82 Å². The van der Waals surface area contributed by atoms with Crippen LogP contribution in [0.4, 0.5) is 10.1 Å². The van der Waals surface area contributed by atoms with Crippen LogP contribution in [-0.4, -0.2) is 55.4 Å². The zero-order valence-corrected chi connectivity index (χ0v) is 15.3. The lowest BCUT2D eigenvalue weighted by atomic mass is 10.2. The maximum atomic E-state index is 13.0. The number of hydrogen-bond acceptors (Lipinski definition) is 4. The quantitative estimate of drug-likeness (QED) is 0.826. The fourth-order valence-electron chi connectivity index (χ4n) is 3.21. The van der Waals surface area contributed by atoms with Gasteiger partial charge in [-0.1, -0.05) is 19.1 Å². The molecular weight excluding hydrogens is 331 g/mol. The molecule has 0 aromatic heterocycles. The first-order valence-electron chi connectivity index (χ1n) is 9.26. The first kappa shape index (κ1) is 18.7. The second-order valence-electron chi connectivity index (χ2n) is 6.73. The summed E-state index contributed by atoms with van der Waals surface area (Å²) in [5, 5.41) is 10.3. The van der Waals surface area contributed by atoms with Gasteiger partial charge in [0.25, 0.3) is 0 Å². The van der Waals surface area contributed by atoms with Gasteiger partial charge >= 0.3 is 0 Å². The highest BCUT2D eigenvalue weighted by Crippen LogP contribution is 2.17. The number of aryl methyl sites for hydroxylation is 1. The third-order valence-electron chi connectivity index (χ3n) is 4.81. The van der Waals surface area contributed by atoms with Crippen molar-refractivity contribution in [3.63, 3.8) is 0 Å². The lowest BCUT2D eigenvalue weighted by molar-refractivity contribution is 0.0663. The van der Waals surface area contributed by atoms with Gasteiger partial charge in [-0.3, -0.25) is 4.90 Å². The van der Waals surface area contributed by atoms with E-state index in [2.05, 4.69) is 28.9 Å². The Labute approximate surface area is 154 Å². The number of rotatable bonds is 7. The first-order valence-corrected chi connectivity index (χ1v) is 9.26. The molecule has 0 saturated carbocycles. The third-order valence-corrected chi connectivity index (χ3v) is 4.81. The minimum absolute atomic E-state index is 0.208.